The lowest BCUT2D eigenvalue weighted by Gasteiger charge is -2.32. The zero-order valence-corrected chi connectivity index (χ0v) is 17.6. The molecule has 28 heavy (non-hydrogen) atoms. The molecule has 8 heteroatoms. The van der Waals surface area contributed by atoms with Crippen LogP contribution in [0.3, 0.4) is 0 Å². The molecule has 0 radical (unpaired) electrons. The average Bonchev–Trinajstić information content (AvgIpc) is 3.08. The summed E-state index contributed by atoms with van der Waals surface area (Å²) in [6.07, 6.45) is 2.86. The fourth-order valence-electron chi connectivity index (χ4n) is 3.58. The van der Waals surface area contributed by atoms with Gasteiger partial charge in [-0.3, -0.25) is 5.10 Å². The maximum atomic E-state index is 12.9. The SMILES string of the molecule is CCCOc1cc(C)ccc1NC(=O)N1CCC[C@H](c2n[nH]c(=S)n2CC)C1. The van der Waals surface area contributed by atoms with Crippen molar-refractivity contribution in [2.45, 2.75) is 52.5 Å². The van der Waals surface area contributed by atoms with Gasteiger partial charge in [0.2, 0.25) is 0 Å². The lowest BCUT2D eigenvalue weighted by molar-refractivity contribution is 0.190. The van der Waals surface area contributed by atoms with E-state index in [9.17, 15) is 4.79 Å². The van der Waals surface area contributed by atoms with Crippen LogP contribution in [0.15, 0.2) is 18.2 Å². The quantitative estimate of drug-likeness (QED) is 0.698. The number of urea groups is 1. The summed E-state index contributed by atoms with van der Waals surface area (Å²) in [5.41, 5.74) is 1.81. The Hall–Kier alpha value is -2.35. The molecule has 0 bridgehead atoms. The maximum Gasteiger partial charge on any atom is 0.321 e. The van der Waals surface area contributed by atoms with Crippen LogP contribution in [0.4, 0.5) is 10.5 Å². The van der Waals surface area contributed by atoms with E-state index in [1.165, 1.54) is 0 Å². The molecule has 7 nitrogen and oxygen atoms in total. The number of H-pyrrole nitrogens is 1. The highest BCUT2D eigenvalue weighted by molar-refractivity contribution is 7.71. The number of piperidine rings is 1. The fourth-order valence-corrected chi connectivity index (χ4v) is 3.85. The zero-order chi connectivity index (χ0) is 20.1. The van der Waals surface area contributed by atoms with Gasteiger partial charge in [-0.2, -0.15) is 5.10 Å². The predicted octanol–water partition coefficient (Wildman–Crippen LogP) is 4.47. The van der Waals surface area contributed by atoms with Gasteiger partial charge in [0.1, 0.15) is 11.6 Å². The number of nitrogens with zero attached hydrogens (tertiary/aromatic N) is 3. The molecule has 2 aromatic rings. The minimum atomic E-state index is -0.105. The third-order valence-electron chi connectivity index (χ3n) is 5.02. The molecule has 0 saturated carbocycles. The number of carbonyl (C=O) groups is 1. The Balaban J connectivity index is 1.72. The molecule has 1 aromatic heterocycles. The van der Waals surface area contributed by atoms with E-state index in [1.54, 1.807) is 0 Å². The molecule has 2 heterocycles. The molecule has 3 rings (SSSR count). The van der Waals surface area contributed by atoms with Gasteiger partial charge in [0.15, 0.2) is 4.77 Å². The summed E-state index contributed by atoms with van der Waals surface area (Å²) in [5.74, 6) is 1.84. The van der Waals surface area contributed by atoms with E-state index in [4.69, 9.17) is 17.0 Å². The van der Waals surface area contributed by atoms with Gasteiger partial charge < -0.3 is 19.5 Å². The predicted molar refractivity (Wildman–Crippen MR) is 113 cm³/mol. The smallest absolute Gasteiger partial charge is 0.321 e. The van der Waals surface area contributed by atoms with Crippen LogP contribution in [-0.2, 0) is 6.54 Å². The standard InChI is InChI=1S/C20H29N5O2S/c1-4-11-27-17-12-14(3)8-9-16(17)21-19(26)24-10-6-7-15(13-24)18-22-23-20(28)25(18)5-2/h8-9,12,15H,4-7,10-11,13H2,1-3H3,(H,21,26)(H,23,28)/t15-/m0/s1. The first-order chi connectivity index (χ1) is 13.5. The number of carbonyl (C=O) groups excluding carboxylic acids is 1. The van der Waals surface area contributed by atoms with Gasteiger partial charge >= 0.3 is 6.03 Å². The fraction of sp³-hybridized carbons (Fsp3) is 0.550. The molecule has 1 atom stereocenters. The van der Waals surface area contributed by atoms with Crippen LogP contribution in [0.25, 0.3) is 0 Å². The summed E-state index contributed by atoms with van der Waals surface area (Å²) < 4.78 is 8.46. The van der Waals surface area contributed by atoms with Crippen molar-refractivity contribution in [3.8, 4) is 5.75 Å². The molecule has 1 aliphatic heterocycles. The number of amides is 2. The first-order valence-corrected chi connectivity index (χ1v) is 10.4. The number of hydrogen-bond donors (Lipinski definition) is 2. The first kappa shape index (κ1) is 20.4. The normalized spacial score (nSPS) is 16.8. The van der Waals surface area contributed by atoms with Crippen molar-refractivity contribution in [3.05, 3.63) is 34.4 Å². The minimum absolute atomic E-state index is 0.105. The molecule has 1 aliphatic rings. The largest absolute Gasteiger partial charge is 0.491 e. The molecule has 0 aliphatic carbocycles. The van der Waals surface area contributed by atoms with Crippen molar-refractivity contribution >= 4 is 23.9 Å². The molecule has 1 aromatic carbocycles. The number of aryl methyl sites for hydroxylation is 1. The van der Waals surface area contributed by atoms with E-state index in [0.29, 0.717) is 23.6 Å². The summed E-state index contributed by atoms with van der Waals surface area (Å²) in [4.78, 5) is 14.8. The third-order valence-corrected chi connectivity index (χ3v) is 5.33. The first-order valence-electron chi connectivity index (χ1n) is 9.98. The van der Waals surface area contributed by atoms with Crippen LogP contribution < -0.4 is 10.1 Å². The van der Waals surface area contributed by atoms with Gasteiger partial charge in [-0.1, -0.05) is 13.0 Å². The second-order valence-corrected chi connectivity index (χ2v) is 7.58. The van der Waals surface area contributed by atoms with E-state index < -0.39 is 0 Å². The van der Waals surface area contributed by atoms with Gasteiger partial charge in [-0.15, -0.1) is 0 Å². The number of ether oxygens (including phenoxy) is 1. The number of rotatable bonds is 6. The number of anilines is 1. The van der Waals surface area contributed by atoms with Gasteiger partial charge in [-0.25, -0.2) is 4.79 Å². The summed E-state index contributed by atoms with van der Waals surface area (Å²) in [6.45, 7) is 8.89. The van der Waals surface area contributed by atoms with E-state index in [1.807, 2.05) is 34.6 Å². The third kappa shape index (κ3) is 4.55. The van der Waals surface area contributed by atoms with Gasteiger partial charge in [0, 0.05) is 25.6 Å². The average molecular weight is 404 g/mol. The Morgan fingerprint density at radius 2 is 2.25 bits per heavy atom. The summed E-state index contributed by atoms with van der Waals surface area (Å²) in [7, 11) is 0. The van der Waals surface area contributed by atoms with Crippen LogP contribution >= 0.6 is 12.2 Å². The lowest BCUT2D eigenvalue weighted by atomic mass is 9.97. The van der Waals surface area contributed by atoms with Crippen LogP contribution in [0.2, 0.25) is 0 Å². The Kier molecular flexibility index (Phi) is 6.72. The Morgan fingerprint density at radius 1 is 1.43 bits per heavy atom. The van der Waals surface area contributed by atoms with E-state index in [-0.39, 0.29) is 11.9 Å². The van der Waals surface area contributed by atoms with E-state index in [2.05, 4.69) is 29.4 Å². The molecular formula is C20H29N5O2S. The number of benzene rings is 1. The van der Waals surface area contributed by atoms with Gasteiger partial charge in [0.05, 0.1) is 12.3 Å². The molecular weight excluding hydrogens is 374 g/mol. The molecule has 0 unspecified atom stereocenters. The second kappa shape index (κ2) is 9.23. The van der Waals surface area contributed by atoms with Gasteiger partial charge in [-0.05, 0) is 63.0 Å². The summed E-state index contributed by atoms with van der Waals surface area (Å²) in [5, 5.41) is 10.3. The van der Waals surface area contributed by atoms with Crippen molar-refractivity contribution in [1.82, 2.24) is 19.7 Å². The Morgan fingerprint density at radius 3 is 3.00 bits per heavy atom. The topological polar surface area (TPSA) is 75.2 Å². The van der Waals surface area contributed by atoms with Crippen LogP contribution in [0, 0.1) is 11.7 Å². The zero-order valence-electron chi connectivity index (χ0n) is 16.8. The van der Waals surface area contributed by atoms with Crippen LogP contribution in [-0.4, -0.2) is 45.4 Å². The Labute approximate surface area is 171 Å². The minimum Gasteiger partial charge on any atom is -0.491 e. The van der Waals surface area contributed by atoms with Crippen LogP contribution in [0.1, 0.15) is 50.4 Å². The number of likely N-dealkylation sites (tertiary alicyclic amines) is 1. The van der Waals surface area contributed by atoms with Crippen molar-refractivity contribution in [2.75, 3.05) is 25.0 Å². The van der Waals surface area contributed by atoms with Crippen molar-refractivity contribution < 1.29 is 9.53 Å². The highest BCUT2D eigenvalue weighted by atomic mass is 32.1. The Bertz CT molecular complexity index is 876. The lowest BCUT2D eigenvalue weighted by Crippen LogP contribution is -2.42. The van der Waals surface area contributed by atoms with Crippen LogP contribution in [0.5, 0.6) is 5.75 Å². The van der Waals surface area contributed by atoms with Crippen molar-refractivity contribution in [1.29, 1.82) is 0 Å². The number of aromatic amines is 1. The molecule has 1 fully saturated rings. The molecule has 1 saturated heterocycles. The molecule has 2 amide bonds. The van der Waals surface area contributed by atoms with E-state index in [0.717, 1.165) is 49.5 Å². The summed E-state index contributed by atoms with van der Waals surface area (Å²) in [6, 6.07) is 5.74. The number of nitrogens with one attached hydrogen (secondary N) is 2. The monoisotopic (exact) mass is 403 g/mol. The highest BCUT2D eigenvalue weighted by Crippen LogP contribution is 2.29. The maximum absolute atomic E-state index is 12.9. The molecule has 152 valence electrons. The van der Waals surface area contributed by atoms with E-state index >= 15 is 0 Å². The number of hydrogen-bond acceptors (Lipinski definition) is 4. The number of aromatic nitrogens is 3. The van der Waals surface area contributed by atoms with Crippen molar-refractivity contribution in [3.63, 3.8) is 0 Å². The van der Waals surface area contributed by atoms with Crippen molar-refractivity contribution in [2.24, 2.45) is 0 Å². The van der Waals surface area contributed by atoms with Gasteiger partial charge in [0.25, 0.3) is 0 Å². The highest BCUT2D eigenvalue weighted by Gasteiger charge is 2.28. The molecule has 2 N–H and O–H groups in total. The second-order valence-electron chi connectivity index (χ2n) is 7.19. The summed E-state index contributed by atoms with van der Waals surface area (Å²) >= 11 is 5.31. The molecule has 0 spiro atoms.